The molecule has 4 heteroatoms. The lowest BCUT2D eigenvalue weighted by molar-refractivity contribution is 0.154. The maximum absolute atomic E-state index is 13.8. The molecule has 0 aliphatic heterocycles. The minimum Gasteiger partial charge on any atom is -0.388 e. The largest absolute Gasteiger partial charge is 0.388 e. The third kappa shape index (κ3) is 2.77. The molecule has 15 heavy (non-hydrogen) atoms. The predicted molar refractivity (Wildman–Crippen MR) is 60.1 cm³/mol. The minimum atomic E-state index is -0.785. The Morgan fingerprint density at radius 2 is 2.20 bits per heavy atom. The van der Waals surface area contributed by atoms with Crippen molar-refractivity contribution < 1.29 is 14.2 Å². The highest BCUT2D eigenvalue weighted by atomic mass is 79.9. The van der Waals surface area contributed by atoms with Crippen molar-refractivity contribution in [3.63, 3.8) is 0 Å². The van der Waals surface area contributed by atoms with Gasteiger partial charge in [-0.05, 0) is 34.0 Å². The van der Waals surface area contributed by atoms with E-state index < -0.39 is 11.9 Å². The third-order valence-electron chi connectivity index (χ3n) is 2.24. The molecule has 0 heterocycles. The van der Waals surface area contributed by atoms with Crippen molar-refractivity contribution in [3.8, 4) is 0 Å². The number of benzene rings is 1. The minimum absolute atomic E-state index is 0.302. The zero-order valence-electron chi connectivity index (χ0n) is 8.76. The molecule has 0 fully saturated rings. The smallest absolute Gasteiger partial charge is 0.143 e. The summed E-state index contributed by atoms with van der Waals surface area (Å²) in [4.78, 5) is 0. The van der Waals surface area contributed by atoms with Gasteiger partial charge in [-0.3, -0.25) is 0 Å². The summed E-state index contributed by atoms with van der Waals surface area (Å²) < 4.78 is 19.1. The van der Waals surface area contributed by atoms with Gasteiger partial charge >= 0.3 is 0 Å². The molecular weight excluding hydrogens is 263 g/mol. The average Bonchev–Trinajstić information content (AvgIpc) is 2.23. The van der Waals surface area contributed by atoms with Gasteiger partial charge in [-0.2, -0.15) is 0 Å². The van der Waals surface area contributed by atoms with Gasteiger partial charge in [0.05, 0.1) is 17.2 Å². The van der Waals surface area contributed by atoms with Crippen molar-refractivity contribution >= 4 is 15.9 Å². The zero-order valence-corrected chi connectivity index (χ0v) is 10.3. The lowest BCUT2D eigenvalue weighted by Crippen LogP contribution is -2.06. The molecule has 0 radical (unpaired) electrons. The van der Waals surface area contributed by atoms with E-state index in [9.17, 15) is 9.50 Å². The molecule has 84 valence electrons. The summed E-state index contributed by atoms with van der Waals surface area (Å²) in [7, 11) is 1.54. The fourth-order valence-corrected chi connectivity index (χ4v) is 1.80. The normalized spacial score (nSPS) is 12.9. The van der Waals surface area contributed by atoms with Gasteiger partial charge in [0, 0.05) is 12.7 Å². The van der Waals surface area contributed by atoms with Gasteiger partial charge in [-0.25, -0.2) is 4.39 Å². The molecule has 0 bridgehead atoms. The van der Waals surface area contributed by atoms with Gasteiger partial charge in [0.15, 0.2) is 0 Å². The Hall–Kier alpha value is -0.450. The maximum atomic E-state index is 13.8. The number of aliphatic hydroxyl groups is 1. The Bertz CT molecular complexity index is 342. The van der Waals surface area contributed by atoms with Crippen LogP contribution >= 0.6 is 15.9 Å². The van der Waals surface area contributed by atoms with Crippen LogP contribution in [0.4, 0.5) is 4.39 Å². The van der Waals surface area contributed by atoms with Crippen LogP contribution in [0.2, 0.25) is 0 Å². The van der Waals surface area contributed by atoms with Crippen LogP contribution in [0.3, 0.4) is 0 Å². The summed E-state index contributed by atoms with van der Waals surface area (Å²) in [6.45, 7) is 2.11. The van der Waals surface area contributed by atoms with E-state index in [-0.39, 0.29) is 0 Å². The van der Waals surface area contributed by atoms with E-state index in [1.54, 1.807) is 19.2 Å². The standard InChI is InChI=1S/C11H14BrFO2/c1-3-9(14)10-7(6-15-2)4-5-8(12)11(10)13/h4-5,9,14H,3,6H2,1-2H3. The van der Waals surface area contributed by atoms with Crippen LogP contribution in [0.5, 0.6) is 0 Å². The topological polar surface area (TPSA) is 29.5 Å². The van der Waals surface area contributed by atoms with Crippen molar-refractivity contribution in [2.75, 3.05) is 7.11 Å². The van der Waals surface area contributed by atoms with Gasteiger partial charge in [0.2, 0.25) is 0 Å². The fourth-order valence-electron chi connectivity index (χ4n) is 1.45. The molecule has 1 N–H and O–H groups in total. The SMILES string of the molecule is CCC(O)c1c(COC)ccc(Br)c1F. The second-order valence-corrected chi connectivity index (χ2v) is 4.15. The van der Waals surface area contributed by atoms with E-state index in [1.807, 2.05) is 6.92 Å². The van der Waals surface area contributed by atoms with Crippen LogP contribution in [-0.4, -0.2) is 12.2 Å². The quantitative estimate of drug-likeness (QED) is 0.915. The van der Waals surface area contributed by atoms with E-state index in [2.05, 4.69) is 15.9 Å². The molecule has 0 aliphatic rings. The molecule has 1 aromatic carbocycles. The summed E-state index contributed by atoms with van der Waals surface area (Å²) in [5, 5.41) is 9.73. The summed E-state index contributed by atoms with van der Waals surface area (Å²) in [5.74, 6) is -0.404. The molecule has 0 aliphatic carbocycles. The fraction of sp³-hybridized carbons (Fsp3) is 0.455. The van der Waals surface area contributed by atoms with Gasteiger partial charge in [0.25, 0.3) is 0 Å². The van der Waals surface area contributed by atoms with Gasteiger partial charge < -0.3 is 9.84 Å². The Morgan fingerprint density at radius 3 is 2.73 bits per heavy atom. The predicted octanol–water partition coefficient (Wildman–Crippen LogP) is 3.18. The van der Waals surface area contributed by atoms with E-state index >= 15 is 0 Å². The van der Waals surface area contributed by atoms with E-state index in [4.69, 9.17) is 4.74 Å². The molecule has 0 spiro atoms. The monoisotopic (exact) mass is 276 g/mol. The molecule has 1 aromatic rings. The molecule has 2 nitrogen and oxygen atoms in total. The molecule has 0 aromatic heterocycles. The Kier molecular flexibility index (Phi) is 4.70. The summed E-state index contributed by atoms with van der Waals surface area (Å²) in [6, 6.07) is 3.38. The number of methoxy groups -OCH3 is 1. The Labute approximate surface area is 97.2 Å². The number of rotatable bonds is 4. The first-order valence-corrected chi connectivity index (χ1v) is 5.54. The molecule has 0 amide bonds. The Morgan fingerprint density at radius 1 is 1.53 bits per heavy atom. The zero-order chi connectivity index (χ0) is 11.4. The first kappa shape index (κ1) is 12.6. The van der Waals surface area contributed by atoms with E-state index in [0.717, 1.165) is 0 Å². The van der Waals surface area contributed by atoms with E-state index in [0.29, 0.717) is 28.6 Å². The van der Waals surface area contributed by atoms with Crippen LogP contribution in [-0.2, 0) is 11.3 Å². The van der Waals surface area contributed by atoms with Crippen LogP contribution in [0.15, 0.2) is 16.6 Å². The van der Waals surface area contributed by atoms with Crippen molar-refractivity contribution in [2.24, 2.45) is 0 Å². The van der Waals surface area contributed by atoms with E-state index in [1.165, 1.54) is 0 Å². The second-order valence-electron chi connectivity index (χ2n) is 3.29. The number of ether oxygens (including phenoxy) is 1. The van der Waals surface area contributed by atoms with Crippen LogP contribution in [0.25, 0.3) is 0 Å². The van der Waals surface area contributed by atoms with Crippen molar-refractivity contribution in [1.29, 1.82) is 0 Å². The highest BCUT2D eigenvalue weighted by Gasteiger charge is 2.18. The maximum Gasteiger partial charge on any atom is 0.143 e. The number of halogens is 2. The lowest BCUT2D eigenvalue weighted by Gasteiger charge is -2.15. The van der Waals surface area contributed by atoms with Gasteiger partial charge in [0.1, 0.15) is 5.82 Å². The van der Waals surface area contributed by atoms with Crippen LogP contribution < -0.4 is 0 Å². The van der Waals surface area contributed by atoms with Crippen LogP contribution in [0, 0.1) is 5.82 Å². The third-order valence-corrected chi connectivity index (χ3v) is 2.86. The molecule has 1 unspecified atom stereocenters. The molecule has 0 saturated carbocycles. The molecule has 1 atom stereocenters. The Balaban J connectivity index is 3.21. The second kappa shape index (κ2) is 5.58. The van der Waals surface area contributed by atoms with Crippen molar-refractivity contribution in [2.45, 2.75) is 26.1 Å². The van der Waals surface area contributed by atoms with Crippen molar-refractivity contribution in [1.82, 2.24) is 0 Å². The summed E-state index contributed by atoms with van der Waals surface area (Å²) in [6.07, 6.45) is -0.308. The molecular formula is C11H14BrFO2. The number of hydrogen-bond acceptors (Lipinski definition) is 2. The summed E-state index contributed by atoms with van der Waals surface area (Å²) in [5.41, 5.74) is 1.02. The van der Waals surface area contributed by atoms with Gasteiger partial charge in [-0.1, -0.05) is 13.0 Å². The van der Waals surface area contributed by atoms with Crippen molar-refractivity contribution in [3.05, 3.63) is 33.5 Å². The highest BCUT2D eigenvalue weighted by Crippen LogP contribution is 2.29. The highest BCUT2D eigenvalue weighted by molar-refractivity contribution is 9.10. The lowest BCUT2D eigenvalue weighted by atomic mass is 10.0. The first-order valence-electron chi connectivity index (χ1n) is 4.75. The molecule has 1 rings (SSSR count). The average molecular weight is 277 g/mol. The van der Waals surface area contributed by atoms with Crippen LogP contribution in [0.1, 0.15) is 30.6 Å². The number of hydrogen-bond donors (Lipinski definition) is 1. The number of aliphatic hydroxyl groups excluding tert-OH is 1. The molecule has 0 saturated heterocycles. The first-order chi connectivity index (χ1) is 7.11. The summed E-state index contributed by atoms with van der Waals surface area (Å²) >= 11 is 3.10. The van der Waals surface area contributed by atoms with Gasteiger partial charge in [-0.15, -0.1) is 0 Å².